The van der Waals surface area contributed by atoms with Gasteiger partial charge >= 0.3 is 0 Å². The topological polar surface area (TPSA) is 72.4 Å². The Morgan fingerprint density at radius 1 is 1.18 bits per heavy atom. The summed E-state index contributed by atoms with van der Waals surface area (Å²) >= 11 is 0. The van der Waals surface area contributed by atoms with E-state index in [9.17, 15) is 4.79 Å². The van der Waals surface area contributed by atoms with Crippen molar-refractivity contribution >= 4 is 33.0 Å². The Kier molecular flexibility index (Phi) is 2.94. The van der Waals surface area contributed by atoms with Crippen molar-refractivity contribution in [1.82, 2.24) is 9.38 Å². The Bertz CT molecular complexity index is 1020. The van der Waals surface area contributed by atoms with E-state index in [1.165, 1.54) is 0 Å². The fourth-order valence-corrected chi connectivity index (χ4v) is 3.00. The van der Waals surface area contributed by atoms with E-state index in [-0.39, 0.29) is 5.43 Å². The normalized spacial score (nSPS) is 11.7. The van der Waals surface area contributed by atoms with Gasteiger partial charge in [0.1, 0.15) is 6.33 Å². The zero-order chi connectivity index (χ0) is 15.1. The second kappa shape index (κ2) is 4.96. The molecule has 3 N–H and O–H groups in total. The van der Waals surface area contributed by atoms with Gasteiger partial charge in [-0.3, -0.25) is 9.20 Å². The molecule has 0 atom stereocenters. The zero-order valence-electron chi connectivity index (χ0n) is 12.0. The molecule has 0 amide bonds. The summed E-state index contributed by atoms with van der Waals surface area (Å²) in [5, 5.41) is 4.74. The maximum atomic E-state index is 12.9. The Balaban J connectivity index is 2.10. The average Bonchev–Trinajstić information content (AvgIpc) is 2.98. The van der Waals surface area contributed by atoms with Crippen LogP contribution in [0.5, 0.6) is 0 Å². The van der Waals surface area contributed by atoms with E-state index in [4.69, 9.17) is 5.73 Å². The highest BCUT2D eigenvalue weighted by atomic mass is 16.1. The van der Waals surface area contributed by atoms with Crippen LogP contribution in [-0.2, 0) is 0 Å². The van der Waals surface area contributed by atoms with Gasteiger partial charge in [-0.25, -0.2) is 4.98 Å². The van der Waals surface area contributed by atoms with Gasteiger partial charge in [-0.1, -0.05) is 12.1 Å². The standard InChI is InChI=1S/C17H16N4O/c18-8-3-9-19-12-6-7-13-16-15(12)17(22)11-4-1-2-5-14(11)21(16)10-20-13/h1-2,4-7,10,19H,3,8-9,18H2. The fourth-order valence-electron chi connectivity index (χ4n) is 3.00. The lowest BCUT2D eigenvalue weighted by Gasteiger charge is -2.11. The van der Waals surface area contributed by atoms with Gasteiger partial charge in [-0.05, 0) is 37.2 Å². The van der Waals surface area contributed by atoms with E-state index in [2.05, 4.69) is 10.3 Å². The van der Waals surface area contributed by atoms with Gasteiger partial charge < -0.3 is 11.1 Å². The molecule has 4 rings (SSSR count). The second-order valence-electron chi connectivity index (χ2n) is 5.39. The van der Waals surface area contributed by atoms with E-state index in [0.717, 1.165) is 35.2 Å². The van der Waals surface area contributed by atoms with Gasteiger partial charge in [0.05, 0.1) is 21.9 Å². The number of fused-ring (bicyclic) bond motifs is 2. The van der Waals surface area contributed by atoms with Crippen LogP contribution >= 0.6 is 0 Å². The monoisotopic (exact) mass is 292 g/mol. The fraction of sp³-hybridized carbons (Fsp3) is 0.176. The second-order valence-corrected chi connectivity index (χ2v) is 5.39. The molecule has 0 fully saturated rings. The third-order valence-corrected chi connectivity index (χ3v) is 4.04. The number of nitrogens with two attached hydrogens (primary N) is 1. The van der Waals surface area contributed by atoms with Crippen LogP contribution in [0.3, 0.4) is 0 Å². The van der Waals surface area contributed by atoms with Crippen LogP contribution in [0.4, 0.5) is 5.69 Å². The maximum Gasteiger partial charge on any atom is 0.199 e. The molecule has 0 saturated carbocycles. The quantitative estimate of drug-likeness (QED) is 0.447. The summed E-state index contributed by atoms with van der Waals surface area (Å²) in [6.45, 7) is 1.37. The Morgan fingerprint density at radius 2 is 2.05 bits per heavy atom. The molecule has 0 aliphatic heterocycles. The average molecular weight is 292 g/mol. The number of hydrogen-bond donors (Lipinski definition) is 2. The molecule has 5 nitrogen and oxygen atoms in total. The summed E-state index contributed by atoms with van der Waals surface area (Å²) in [5.74, 6) is 0. The van der Waals surface area contributed by atoms with E-state index in [0.29, 0.717) is 17.3 Å². The predicted molar refractivity (Wildman–Crippen MR) is 89.8 cm³/mol. The number of pyridine rings is 1. The first kappa shape index (κ1) is 13.0. The minimum Gasteiger partial charge on any atom is -0.384 e. The summed E-state index contributed by atoms with van der Waals surface area (Å²) in [6, 6.07) is 11.5. The molecule has 0 bridgehead atoms. The number of nitrogens with one attached hydrogen (secondary N) is 1. The van der Waals surface area contributed by atoms with Crippen molar-refractivity contribution in [2.75, 3.05) is 18.4 Å². The maximum absolute atomic E-state index is 12.9. The first-order valence-corrected chi connectivity index (χ1v) is 7.39. The van der Waals surface area contributed by atoms with Crippen molar-refractivity contribution in [3.05, 3.63) is 52.9 Å². The highest BCUT2D eigenvalue weighted by Gasteiger charge is 2.15. The number of benzene rings is 2. The van der Waals surface area contributed by atoms with Crippen molar-refractivity contribution in [2.24, 2.45) is 5.73 Å². The number of para-hydroxylation sites is 1. The molecule has 2 aromatic carbocycles. The molecule has 5 heteroatoms. The highest BCUT2D eigenvalue weighted by molar-refractivity contribution is 6.06. The number of rotatable bonds is 4. The lowest BCUT2D eigenvalue weighted by molar-refractivity contribution is 0.875. The van der Waals surface area contributed by atoms with Gasteiger partial charge in [0.2, 0.25) is 0 Å². The largest absolute Gasteiger partial charge is 0.384 e. The van der Waals surface area contributed by atoms with Crippen LogP contribution in [0.15, 0.2) is 47.5 Å². The molecule has 0 saturated heterocycles. The third-order valence-electron chi connectivity index (χ3n) is 4.04. The van der Waals surface area contributed by atoms with Crippen LogP contribution in [0.2, 0.25) is 0 Å². The van der Waals surface area contributed by atoms with Crippen molar-refractivity contribution in [1.29, 1.82) is 0 Å². The summed E-state index contributed by atoms with van der Waals surface area (Å²) in [5.41, 5.74) is 9.04. The zero-order valence-corrected chi connectivity index (χ0v) is 12.0. The lowest BCUT2D eigenvalue weighted by Crippen LogP contribution is -2.12. The van der Waals surface area contributed by atoms with E-state index < -0.39 is 0 Å². The molecule has 110 valence electrons. The third kappa shape index (κ3) is 1.76. The molecule has 2 heterocycles. The number of anilines is 1. The molecule has 0 spiro atoms. The van der Waals surface area contributed by atoms with Crippen molar-refractivity contribution in [3.8, 4) is 0 Å². The Labute approximate surface area is 126 Å². The summed E-state index contributed by atoms with van der Waals surface area (Å²) < 4.78 is 2.00. The Hall–Kier alpha value is -2.66. The van der Waals surface area contributed by atoms with Gasteiger partial charge in [0, 0.05) is 17.6 Å². The van der Waals surface area contributed by atoms with E-state index in [1.54, 1.807) is 6.33 Å². The summed E-state index contributed by atoms with van der Waals surface area (Å²) in [7, 11) is 0. The molecule has 0 unspecified atom stereocenters. The summed E-state index contributed by atoms with van der Waals surface area (Å²) in [4.78, 5) is 17.4. The van der Waals surface area contributed by atoms with Crippen LogP contribution in [0.1, 0.15) is 6.42 Å². The van der Waals surface area contributed by atoms with Crippen LogP contribution in [-0.4, -0.2) is 22.5 Å². The van der Waals surface area contributed by atoms with Crippen molar-refractivity contribution in [2.45, 2.75) is 6.42 Å². The van der Waals surface area contributed by atoms with Crippen LogP contribution in [0.25, 0.3) is 27.3 Å². The summed E-state index contributed by atoms with van der Waals surface area (Å²) in [6.07, 6.45) is 2.64. The van der Waals surface area contributed by atoms with Gasteiger partial charge in [-0.15, -0.1) is 0 Å². The lowest BCUT2D eigenvalue weighted by atomic mass is 10.1. The number of aromatic nitrogens is 2. The molecule has 0 radical (unpaired) electrons. The number of hydrogen-bond acceptors (Lipinski definition) is 4. The minimum absolute atomic E-state index is 0.0458. The van der Waals surface area contributed by atoms with Gasteiger partial charge in [0.15, 0.2) is 5.43 Å². The SMILES string of the molecule is NCCCNc1ccc2ncn3c4ccccc4c(=O)c1c23. The molecule has 22 heavy (non-hydrogen) atoms. The van der Waals surface area contributed by atoms with Crippen LogP contribution < -0.4 is 16.5 Å². The van der Waals surface area contributed by atoms with Crippen molar-refractivity contribution < 1.29 is 0 Å². The van der Waals surface area contributed by atoms with E-state index in [1.807, 2.05) is 40.8 Å². The molecule has 0 aliphatic carbocycles. The molecular formula is C17H16N4O. The first-order chi connectivity index (χ1) is 10.8. The molecule has 0 aliphatic rings. The first-order valence-electron chi connectivity index (χ1n) is 7.39. The van der Waals surface area contributed by atoms with Crippen molar-refractivity contribution in [3.63, 3.8) is 0 Å². The predicted octanol–water partition coefficient (Wildman–Crippen LogP) is 2.20. The van der Waals surface area contributed by atoms with E-state index >= 15 is 0 Å². The smallest absolute Gasteiger partial charge is 0.199 e. The Morgan fingerprint density at radius 3 is 2.91 bits per heavy atom. The van der Waals surface area contributed by atoms with Gasteiger partial charge in [-0.2, -0.15) is 0 Å². The highest BCUT2D eigenvalue weighted by Crippen LogP contribution is 2.28. The minimum atomic E-state index is 0.0458. The number of imidazole rings is 1. The van der Waals surface area contributed by atoms with Crippen LogP contribution in [0, 0.1) is 0 Å². The molecule has 2 aromatic heterocycles. The number of nitrogens with zero attached hydrogens (tertiary/aromatic N) is 2. The molecular weight excluding hydrogens is 276 g/mol. The molecule has 4 aromatic rings. The van der Waals surface area contributed by atoms with Gasteiger partial charge in [0.25, 0.3) is 0 Å².